The van der Waals surface area contributed by atoms with Gasteiger partial charge < -0.3 is 34.3 Å². The Morgan fingerprint density at radius 1 is 1.03 bits per heavy atom. The number of nitro groups is 1. The molecule has 0 spiro atoms. The first-order valence-corrected chi connectivity index (χ1v) is 27.2. The number of piperazine rings is 1. The van der Waals surface area contributed by atoms with Crippen molar-refractivity contribution in [2.24, 2.45) is 9.78 Å². The average molecular weight is 1030 g/mol. The second kappa shape index (κ2) is 20.5. The van der Waals surface area contributed by atoms with Gasteiger partial charge in [-0.1, -0.05) is 43.2 Å². The molecule has 2 amide bonds. The van der Waals surface area contributed by atoms with Crippen molar-refractivity contribution in [3.63, 3.8) is 0 Å². The number of methoxy groups -OCH3 is 1. The Bertz CT molecular complexity index is 3130. The van der Waals surface area contributed by atoms with Crippen molar-refractivity contribution in [2.75, 3.05) is 87.8 Å². The molecule has 0 radical (unpaired) electrons. The van der Waals surface area contributed by atoms with Crippen LogP contribution in [0.15, 0.2) is 94.0 Å². The van der Waals surface area contributed by atoms with E-state index in [1.165, 1.54) is 36.1 Å². The van der Waals surface area contributed by atoms with Gasteiger partial charge in [-0.3, -0.25) is 19.8 Å². The maximum atomic E-state index is 14.1. The molecule has 19 nitrogen and oxygen atoms in total. The summed E-state index contributed by atoms with van der Waals surface area (Å²) in [5.41, 5.74) is 5.04. The van der Waals surface area contributed by atoms with Crippen LogP contribution in [0.25, 0.3) is 16.6 Å². The summed E-state index contributed by atoms with van der Waals surface area (Å²) in [5, 5.41) is 17.0. The fraction of sp³-hybridized carbons (Fsp3) is 0.408. The molecule has 71 heavy (non-hydrogen) atoms. The third-order valence-corrected chi connectivity index (χ3v) is 17.3. The maximum Gasteiger partial charge on any atom is 0.441 e. The second-order valence-electron chi connectivity index (χ2n) is 19.1. The van der Waals surface area contributed by atoms with Crippen LogP contribution in [0.1, 0.15) is 55.5 Å². The van der Waals surface area contributed by atoms with Crippen LogP contribution in [-0.4, -0.2) is 133 Å². The topological polar surface area (TPSA) is 231 Å². The number of amides is 2. The molecule has 0 saturated carbocycles. The van der Waals surface area contributed by atoms with E-state index in [0.717, 1.165) is 62.1 Å². The highest BCUT2D eigenvalue weighted by Crippen LogP contribution is 2.44. The molecule has 3 aliphatic heterocycles. The fourth-order valence-corrected chi connectivity index (χ4v) is 12.5. The lowest BCUT2D eigenvalue weighted by Crippen LogP contribution is -2.47. The van der Waals surface area contributed by atoms with Crippen LogP contribution in [0.5, 0.6) is 17.2 Å². The van der Waals surface area contributed by atoms with Crippen LogP contribution in [0.3, 0.4) is 0 Å². The Kier molecular flexibility index (Phi) is 14.3. The molecule has 5 heterocycles. The number of carbonyl (C=O) groups excluding carboxylic acids is 2. The molecule has 0 bridgehead atoms. The molecule has 2 aromatic heterocycles. The van der Waals surface area contributed by atoms with Gasteiger partial charge in [-0.25, -0.2) is 27.1 Å². The Morgan fingerprint density at radius 3 is 2.52 bits per heavy atom. The lowest BCUT2D eigenvalue weighted by atomic mass is 9.72. The van der Waals surface area contributed by atoms with E-state index in [2.05, 4.69) is 69.8 Å². The minimum atomic E-state index is -4.72. The Labute approximate surface area is 417 Å². The number of sulfonamides is 1. The first-order valence-electron chi connectivity index (χ1n) is 23.4. The maximum absolute atomic E-state index is 14.1. The van der Waals surface area contributed by atoms with Gasteiger partial charge in [0.15, 0.2) is 11.4 Å². The lowest BCUT2D eigenvalue weighted by Gasteiger charge is -2.39. The van der Waals surface area contributed by atoms with Crippen LogP contribution in [0, 0.1) is 15.5 Å². The predicted octanol–water partition coefficient (Wildman–Crippen LogP) is 7.93. The lowest BCUT2D eigenvalue weighted by molar-refractivity contribution is -0.384. The van der Waals surface area contributed by atoms with Crippen molar-refractivity contribution in [3.05, 3.63) is 111 Å². The number of hydrogen-bond acceptors (Lipinski definition) is 15. The van der Waals surface area contributed by atoms with E-state index < -0.39 is 47.3 Å². The number of aromatic nitrogens is 2. The first kappa shape index (κ1) is 49.7. The Balaban J connectivity index is 0.898. The quantitative estimate of drug-likeness (QED) is 0.0751. The van der Waals surface area contributed by atoms with Gasteiger partial charge in [0.1, 0.15) is 23.8 Å². The number of nitrogens with zero attached hydrogens (tertiary/aromatic N) is 6. The number of halogens is 1. The zero-order chi connectivity index (χ0) is 50.1. The van der Waals surface area contributed by atoms with Gasteiger partial charge in [0.25, 0.3) is 21.6 Å². The average Bonchev–Trinajstić information content (AvgIpc) is 3.82. The molecule has 376 valence electrons. The largest absolute Gasteiger partial charge is 0.489 e. The SMILES string of the molecule is COC(=O)N=S1(=O)CCN(CC[C@@H]2COc3cc(S(=O)(=O)NC(=O)c4ccc(N5CCN(CC6=C(c7ccc(Cl)cc7)CC(C)(C)CC6)CC5)cc4Oc4cnc5[nH]ccc5c4)cc([N+](=O)[O-])c3N2)CC1. The van der Waals surface area contributed by atoms with Crippen LogP contribution in [0.4, 0.5) is 21.9 Å². The number of aromatic amines is 1. The van der Waals surface area contributed by atoms with E-state index in [4.69, 9.17) is 21.1 Å². The van der Waals surface area contributed by atoms with Crippen molar-refractivity contribution >= 4 is 77.0 Å². The third kappa shape index (κ3) is 11.6. The molecule has 2 saturated heterocycles. The molecule has 5 aromatic rings. The number of fused-ring (bicyclic) bond motifs is 2. The van der Waals surface area contributed by atoms with Crippen molar-refractivity contribution in [2.45, 2.75) is 50.5 Å². The second-order valence-corrected chi connectivity index (χ2v) is 23.8. The molecule has 1 atom stereocenters. The summed E-state index contributed by atoms with van der Waals surface area (Å²) in [6, 6.07) is 18.4. The number of rotatable bonds is 13. The minimum Gasteiger partial charge on any atom is -0.489 e. The van der Waals surface area contributed by atoms with Gasteiger partial charge >= 0.3 is 6.09 Å². The monoisotopic (exact) mass is 1030 g/mol. The van der Waals surface area contributed by atoms with Gasteiger partial charge in [-0.15, -0.1) is 4.36 Å². The standard InChI is InChI=1S/C49H56ClN9O10S2/c1-49(2)13-10-34(41(28-49)32-4-6-35(50)7-5-32)30-57-16-18-58(19-17-57)37-8-9-40(43(25-37)69-38-24-33-11-14-51-46(33)52-29-38)47(60)54-71(65,66)39-26-42(59(62)63)45-44(27-39)68-31-36(53-45)12-15-56-20-22-70(64,23-21-56)55-48(61)67-3/h4-9,11,14,24-27,29,36,53H,10,12-13,15-23,28,30-31H2,1-3H3,(H,51,52)(H,54,60)/t36-/m1/s1. The molecule has 0 unspecified atom stereocenters. The van der Waals surface area contributed by atoms with E-state index >= 15 is 0 Å². The Morgan fingerprint density at radius 2 is 1.79 bits per heavy atom. The zero-order valence-electron chi connectivity index (χ0n) is 39.6. The van der Waals surface area contributed by atoms with Crippen LogP contribution in [0.2, 0.25) is 5.02 Å². The number of carbonyl (C=O) groups is 2. The summed E-state index contributed by atoms with van der Waals surface area (Å²) in [5.74, 6) is -0.277. The zero-order valence-corrected chi connectivity index (χ0v) is 42.0. The highest BCUT2D eigenvalue weighted by molar-refractivity contribution is 7.94. The summed E-state index contributed by atoms with van der Waals surface area (Å²) in [6.07, 6.45) is 6.00. The number of H-pyrrole nitrogens is 1. The number of ether oxygens (including phenoxy) is 3. The molecule has 2 fully saturated rings. The van der Waals surface area contributed by atoms with Crippen LogP contribution < -0.4 is 24.4 Å². The van der Waals surface area contributed by atoms with Gasteiger partial charge in [-0.05, 0) is 78.6 Å². The summed E-state index contributed by atoms with van der Waals surface area (Å²) in [4.78, 5) is 51.1. The number of nitro benzene ring substituents is 1. The van der Waals surface area contributed by atoms with E-state index in [1.807, 2.05) is 18.2 Å². The van der Waals surface area contributed by atoms with Gasteiger partial charge in [0, 0.05) is 104 Å². The summed E-state index contributed by atoms with van der Waals surface area (Å²) < 4.78 is 63.5. The number of anilines is 2. The summed E-state index contributed by atoms with van der Waals surface area (Å²) >= 11 is 6.25. The van der Waals surface area contributed by atoms with Crippen molar-refractivity contribution in [1.82, 2.24) is 24.5 Å². The van der Waals surface area contributed by atoms with Gasteiger partial charge in [0.05, 0.1) is 44.5 Å². The van der Waals surface area contributed by atoms with E-state index in [1.54, 1.807) is 24.4 Å². The third-order valence-electron chi connectivity index (χ3n) is 13.6. The summed E-state index contributed by atoms with van der Waals surface area (Å²) in [6.45, 7) is 9.93. The van der Waals surface area contributed by atoms with Crippen LogP contribution >= 0.6 is 11.6 Å². The summed E-state index contributed by atoms with van der Waals surface area (Å²) in [7, 11) is -6.25. The van der Waals surface area contributed by atoms with Crippen molar-refractivity contribution < 1.29 is 41.3 Å². The highest BCUT2D eigenvalue weighted by Gasteiger charge is 2.34. The minimum absolute atomic E-state index is 0.00739. The fourth-order valence-electron chi connectivity index (χ4n) is 9.53. The molecular weight excluding hydrogens is 974 g/mol. The number of hydrogen-bond donors (Lipinski definition) is 3. The smallest absolute Gasteiger partial charge is 0.441 e. The first-order chi connectivity index (χ1) is 33.9. The number of benzene rings is 3. The van der Waals surface area contributed by atoms with Gasteiger partial charge in [0.2, 0.25) is 0 Å². The normalized spacial score (nSPS) is 19.3. The number of pyridine rings is 1. The molecule has 3 aromatic carbocycles. The molecule has 9 rings (SSSR count). The molecule has 4 aliphatic rings. The molecule has 1 aliphatic carbocycles. The van der Waals surface area contributed by atoms with Crippen molar-refractivity contribution in [1.29, 1.82) is 0 Å². The highest BCUT2D eigenvalue weighted by atomic mass is 35.5. The van der Waals surface area contributed by atoms with E-state index in [0.29, 0.717) is 55.6 Å². The molecule has 22 heteroatoms. The number of nitrogens with one attached hydrogen (secondary N) is 3. The molecular formula is C49H56ClN9O10S2. The molecule has 3 N–H and O–H groups in total. The van der Waals surface area contributed by atoms with E-state index in [-0.39, 0.29) is 52.3 Å². The van der Waals surface area contributed by atoms with E-state index in [9.17, 15) is 32.3 Å². The predicted molar refractivity (Wildman–Crippen MR) is 272 cm³/mol. The van der Waals surface area contributed by atoms with Crippen LogP contribution in [-0.2, 0) is 24.5 Å². The Hall–Kier alpha value is -6.26. The van der Waals surface area contributed by atoms with Gasteiger partial charge in [-0.2, -0.15) is 0 Å². The van der Waals surface area contributed by atoms with Crippen molar-refractivity contribution in [3.8, 4) is 17.2 Å². The number of allylic oxidation sites excluding steroid dienone is 1.